The summed E-state index contributed by atoms with van der Waals surface area (Å²) in [5.41, 5.74) is 0.692. The van der Waals surface area contributed by atoms with Gasteiger partial charge < -0.3 is 5.11 Å². The average Bonchev–Trinajstić information content (AvgIpc) is 2.91. The predicted molar refractivity (Wildman–Crippen MR) is 107 cm³/mol. The SMILES string of the molecule is CC(C)Cn1c(NC(=O)C[C@@](C)(O)c2ccccc2)nc2ccc(Cl)nc21. The van der Waals surface area contributed by atoms with E-state index < -0.39 is 5.60 Å². The Hall–Kier alpha value is -2.44. The van der Waals surface area contributed by atoms with Gasteiger partial charge in [-0.2, -0.15) is 0 Å². The zero-order valence-corrected chi connectivity index (χ0v) is 16.4. The van der Waals surface area contributed by atoms with Crippen LogP contribution < -0.4 is 5.32 Å². The summed E-state index contributed by atoms with van der Waals surface area (Å²) in [5.74, 6) is 0.406. The normalized spacial score (nSPS) is 13.7. The molecule has 0 radical (unpaired) electrons. The minimum absolute atomic E-state index is 0.0872. The van der Waals surface area contributed by atoms with E-state index in [9.17, 15) is 9.90 Å². The Balaban J connectivity index is 1.86. The van der Waals surface area contributed by atoms with E-state index in [0.717, 1.165) is 0 Å². The van der Waals surface area contributed by atoms with Crippen molar-refractivity contribution in [2.75, 3.05) is 5.32 Å². The van der Waals surface area contributed by atoms with Crippen molar-refractivity contribution in [3.8, 4) is 0 Å². The Morgan fingerprint density at radius 2 is 1.93 bits per heavy atom. The van der Waals surface area contributed by atoms with E-state index in [1.165, 1.54) is 0 Å². The second kappa shape index (κ2) is 7.66. The second-order valence-electron chi connectivity index (χ2n) is 7.28. The topological polar surface area (TPSA) is 80.0 Å². The fourth-order valence-electron chi connectivity index (χ4n) is 2.99. The highest BCUT2D eigenvalue weighted by Gasteiger charge is 2.27. The van der Waals surface area contributed by atoms with Crippen LogP contribution in [0.25, 0.3) is 11.2 Å². The number of pyridine rings is 1. The van der Waals surface area contributed by atoms with E-state index in [0.29, 0.717) is 40.3 Å². The lowest BCUT2D eigenvalue weighted by molar-refractivity contribution is -0.120. The Labute approximate surface area is 163 Å². The first-order valence-electron chi connectivity index (χ1n) is 8.87. The van der Waals surface area contributed by atoms with Crippen LogP contribution in [0.2, 0.25) is 5.15 Å². The molecule has 0 unspecified atom stereocenters. The monoisotopic (exact) mass is 386 g/mol. The maximum atomic E-state index is 12.6. The molecular weight excluding hydrogens is 364 g/mol. The van der Waals surface area contributed by atoms with Crippen molar-refractivity contribution in [1.29, 1.82) is 0 Å². The first-order chi connectivity index (χ1) is 12.8. The van der Waals surface area contributed by atoms with Crippen LogP contribution >= 0.6 is 11.6 Å². The minimum Gasteiger partial charge on any atom is -0.385 e. The number of hydrogen-bond donors (Lipinski definition) is 2. The van der Waals surface area contributed by atoms with Crippen LogP contribution in [0.3, 0.4) is 0 Å². The third kappa shape index (κ3) is 4.46. The molecule has 0 saturated heterocycles. The lowest BCUT2D eigenvalue weighted by Gasteiger charge is -2.23. The first-order valence-corrected chi connectivity index (χ1v) is 9.24. The molecule has 3 aromatic rings. The van der Waals surface area contributed by atoms with Gasteiger partial charge in [0.2, 0.25) is 11.9 Å². The highest BCUT2D eigenvalue weighted by Crippen LogP contribution is 2.26. The van der Waals surface area contributed by atoms with E-state index in [2.05, 4.69) is 29.1 Å². The molecule has 0 bridgehead atoms. The summed E-state index contributed by atoms with van der Waals surface area (Å²) in [6, 6.07) is 12.6. The fraction of sp³-hybridized carbons (Fsp3) is 0.350. The highest BCUT2D eigenvalue weighted by atomic mass is 35.5. The van der Waals surface area contributed by atoms with Gasteiger partial charge in [-0.1, -0.05) is 55.8 Å². The Morgan fingerprint density at radius 1 is 1.22 bits per heavy atom. The number of aromatic nitrogens is 3. The molecule has 3 rings (SSSR count). The summed E-state index contributed by atoms with van der Waals surface area (Å²) < 4.78 is 1.85. The molecule has 0 aliphatic carbocycles. The zero-order valence-electron chi connectivity index (χ0n) is 15.6. The molecule has 2 aromatic heterocycles. The number of nitrogens with zero attached hydrogens (tertiary/aromatic N) is 3. The lowest BCUT2D eigenvalue weighted by Crippen LogP contribution is -2.29. The third-order valence-corrected chi connectivity index (χ3v) is 4.47. The van der Waals surface area contributed by atoms with Crippen molar-refractivity contribution in [2.24, 2.45) is 5.92 Å². The maximum Gasteiger partial charge on any atom is 0.229 e. The molecule has 142 valence electrons. The van der Waals surface area contributed by atoms with Crippen molar-refractivity contribution < 1.29 is 9.90 Å². The van der Waals surface area contributed by atoms with E-state index in [-0.39, 0.29) is 12.3 Å². The van der Waals surface area contributed by atoms with Gasteiger partial charge in [0.25, 0.3) is 0 Å². The smallest absolute Gasteiger partial charge is 0.229 e. The number of amides is 1. The summed E-state index contributed by atoms with van der Waals surface area (Å²) in [5, 5.41) is 13.9. The molecule has 0 aliphatic heterocycles. The van der Waals surface area contributed by atoms with E-state index in [4.69, 9.17) is 11.6 Å². The molecule has 2 N–H and O–H groups in total. The predicted octanol–water partition coefficient (Wildman–Crippen LogP) is 3.98. The van der Waals surface area contributed by atoms with E-state index >= 15 is 0 Å². The van der Waals surface area contributed by atoms with Crippen LogP contribution in [0.4, 0.5) is 5.95 Å². The van der Waals surface area contributed by atoms with Gasteiger partial charge in [0, 0.05) is 6.54 Å². The standard InChI is InChI=1S/C20H23ClN4O2/c1-13(2)12-25-18-15(9-10-16(21)23-18)22-19(25)24-17(26)11-20(3,27)14-7-5-4-6-8-14/h4-10,13,27H,11-12H2,1-3H3,(H,22,24,26)/t20-/m1/s1. The van der Waals surface area contributed by atoms with Gasteiger partial charge in [-0.15, -0.1) is 0 Å². The van der Waals surface area contributed by atoms with Crippen LogP contribution in [-0.4, -0.2) is 25.5 Å². The summed E-state index contributed by atoms with van der Waals surface area (Å²) >= 11 is 6.02. The lowest BCUT2D eigenvalue weighted by atomic mass is 9.92. The molecule has 1 atom stereocenters. The van der Waals surface area contributed by atoms with Crippen LogP contribution in [0, 0.1) is 5.92 Å². The van der Waals surface area contributed by atoms with Gasteiger partial charge in [0.1, 0.15) is 10.7 Å². The number of fused-ring (bicyclic) bond motifs is 1. The van der Waals surface area contributed by atoms with Crippen molar-refractivity contribution in [1.82, 2.24) is 14.5 Å². The van der Waals surface area contributed by atoms with Crippen LogP contribution in [0.5, 0.6) is 0 Å². The Kier molecular flexibility index (Phi) is 5.48. The molecule has 1 amide bonds. The first kappa shape index (κ1) is 19.3. The number of halogens is 1. The number of nitrogens with one attached hydrogen (secondary N) is 1. The maximum absolute atomic E-state index is 12.6. The molecule has 6 nitrogen and oxygen atoms in total. The number of imidazole rings is 1. The molecule has 7 heteroatoms. The largest absolute Gasteiger partial charge is 0.385 e. The van der Waals surface area contributed by atoms with Crippen molar-refractivity contribution in [3.63, 3.8) is 0 Å². The van der Waals surface area contributed by atoms with Crippen molar-refractivity contribution in [2.45, 2.75) is 39.3 Å². The van der Waals surface area contributed by atoms with E-state index in [1.807, 2.05) is 22.8 Å². The summed E-state index contributed by atoms with van der Waals surface area (Å²) in [6.45, 7) is 6.40. The molecule has 27 heavy (non-hydrogen) atoms. The molecule has 0 spiro atoms. The van der Waals surface area contributed by atoms with Crippen LogP contribution in [0.1, 0.15) is 32.8 Å². The van der Waals surface area contributed by atoms with Crippen LogP contribution in [0.15, 0.2) is 42.5 Å². The number of hydrogen-bond acceptors (Lipinski definition) is 4. The van der Waals surface area contributed by atoms with Gasteiger partial charge in [-0.05, 0) is 30.5 Å². The number of aliphatic hydroxyl groups is 1. The molecule has 2 heterocycles. The highest BCUT2D eigenvalue weighted by molar-refractivity contribution is 6.29. The number of carbonyl (C=O) groups excluding carboxylic acids is 1. The van der Waals surface area contributed by atoms with Crippen molar-refractivity contribution >= 4 is 34.6 Å². The van der Waals surface area contributed by atoms with Gasteiger partial charge in [-0.3, -0.25) is 14.7 Å². The molecule has 1 aromatic carbocycles. The Morgan fingerprint density at radius 3 is 2.59 bits per heavy atom. The van der Waals surface area contributed by atoms with Gasteiger partial charge >= 0.3 is 0 Å². The van der Waals surface area contributed by atoms with Crippen molar-refractivity contribution in [3.05, 3.63) is 53.2 Å². The third-order valence-electron chi connectivity index (χ3n) is 4.26. The van der Waals surface area contributed by atoms with Gasteiger partial charge in [-0.25, -0.2) is 9.97 Å². The number of benzene rings is 1. The summed E-state index contributed by atoms with van der Waals surface area (Å²) in [7, 11) is 0. The van der Waals surface area contributed by atoms with Crippen LogP contribution in [-0.2, 0) is 16.9 Å². The molecule has 0 aliphatic rings. The molecule has 0 saturated carbocycles. The Bertz CT molecular complexity index is 951. The minimum atomic E-state index is -1.28. The molecular formula is C20H23ClN4O2. The average molecular weight is 387 g/mol. The van der Waals surface area contributed by atoms with Gasteiger partial charge in [0.15, 0.2) is 5.65 Å². The van der Waals surface area contributed by atoms with E-state index in [1.54, 1.807) is 31.2 Å². The number of anilines is 1. The summed E-state index contributed by atoms with van der Waals surface area (Å²) in [6.07, 6.45) is -0.0872. The number of rotatable bonds is 6. The quantitative estimate of drug-likeness (QED) is 0.628. The molecule has 0 fully saturated rings. The second-order valence-corrected chi connectivity index (χ2v) is 7.67. The number of carbonyl (C=O) groups is 1. The fourth-order valence-corrected chi connectivity index (χ4v) is 3.14. The zero-order chi connectivity index (χ0) is 19.6. The van der Waals surface area contributed by atoms with Gasteiger partial charge in [0.05, 0.1) is 12.0 Å². The summed E-state index contributed by atoms with van der Waals surface area (Å²) in [4.78, 5) is 21.4.